The van der Waals surface area contributed by atoms with Gasteiger partial charge in [0.25, 0.3) is 0 Å². The number of hydrogen-bond donors (Lipinski definition) is 5. The summed E-state index contributed by atoms with van der Waals surface area (Å²) in [4.78, 5) is 33.9. The highest BCUT2D eigenvalue weighted by molar-refractivity contribution is 5.87. The zero-order chi connectivity index (χ0) is 14.7. The van der Waals surface area contributed by atoms with Crippen LogP contribution in [0.2, 0.25) is 0 Å². The first-order valence-electron chi connectivity index (χ1n) is 6.22. The van der Waals surface area contributed by atoms with E-state index in [9.17, 15) is 14.4 Å². The van der Waals surface area contributed by atoms with Gasteiger partial charge in [0.2, 0.25) is 11.8 Å². The fourth-order valence-corrected chi connectivity index (χ4v) is 1.24. The van der Waals surface area contributed by atoms with E-state index in [0.717, 1.165) is 6.42 Å². The fourth-order valence-electron chi connectivity index (χ4n) is 1.24. The largest absolute Gasteiger partial charge is 0.354 e. The topological polar surface area (TPSA) is 111 Å². The molecule has 0 aliphatic carbocycles. The van der Waals surface area contributed by atoms with E-state index in [-0.39, 0.29) is 18.5 Å². The van der Waals surface area contributed by atoms with Crippen molar-refractivity contribution >= 4 is 17.8 Å². The van der Waals surface area contributed by atoms with Gasteiger partial charge in [0.15, 0.2) is 0 Å². The number of carbonyl (C=O) groups excluding carboxylic acids is 3. The van der Waals surface area contributed by atoms with Crippen molar-refractivity contribution < 1.29 is 14.4 Å². The number of rotatable bonds is 8. The summed E-state index contributed by atoms with van der Waals surface area (Å²) in [6, 6.07) is -1.17. The van der Waals surface area contributed by atoms with Gasteiger partial charge in [-0.1, -0.05) is 6.92 Å². The Kier molecular flexibility index (Phi) is 9.15. The molecule has 0 rings (SSSR count). The van der Waals surface area contributed by atoms with Crippen LogP contribution in [0.15, 0.2) is 0 Å². The minimum Gasteiger partial charge on any atom is -0.354 e. The van der Waals surface area contributed by atoms with E-state index in [0.29, 0.717) is 13.1 Å². The van der Waals surface area contributed by atoms with Gasteiger partial charge in [-0.15, -0.1) is 0 Å². The molecule has 8 heteroatoms. The minimum absolute atomic E-state index is 0.0179. The van der Waals surface area contributed by atoms with E-state index in [4.69, 9.17) is 0 Å². The third-order valence-corrected chi connectivity index (χ3v) is 2.17. The van der Waals surface area contributed by atoms with Gasteiger partial charge >= 0.3 is 6.03 Å². The number of carbonyl (C=O) groups is 3. The number of amides is 4. The SMILES string of the molecule is CCCNC(=O)C(CNC)NC(=O)NCNC(C)=O. The maximum absolute atomic E-state index is 11.7. The predicted octanol–water partition coefficient (Wildman–Crippen LogP) is -1.51. The van der Waals surface area contributed by atoms with Gasteiger partial charge in [-0.3, -0.25) is 9.59 Å². The summed E-state index contributed by atoms with van der Waals surface area (Å²) >= 11 is 0. The van der Waals surface area contributed by atoms with Crippen molar-refractivity contribution in [1.82, 2.24) is 26.6 Å². The molecular weight excluding hydrogens is 250 g/mol. The van der Waals surface area contributed by atoms with Gasteiger partial charge in [-0.2, -0.15) is 0 Å². The third-order valence-electron chi connectivity index (χ3n) is 2.17. The lowest BCUT2D eigenvalue weighted by Gasteiger charge is -2.18. The Balaban J connectivity index is 4.13. The Morgan fingerprint density at radius 2 is 1.79 bits per heavy atom. The van der Waals surface area contributed by atoms with E-state index in [2.05, 4.69) is 26.6 Å². The highest BCUT2D eigenvalue weighted by atomic mass is 16.2. The highest BCUT2D eigenvalue weighted by Gasteiger charge is 2.19. The van der Waals surface area contributed by atoms with Gasteiger partial charge < -0.3 is 26.6 Å². The summed E-state index contributed by atoms with van der Waals surface area (Å²) in [7, 11) is 1.69. The van der Waals surface area contributed by atoms with Gasteiger partial charge in [0.1, 0.15) is 6.04 Å². The van der Waals surface area contributed by atoms with Gasteiger partial charge in [0, 0.05) is 20.0 Å². The number of nitrogens with one attached hydrogen (secondary N) is 5. The molecule has 0 fully saturated rings. The van der Waals surface area contributed by atoms with Crippen LogP contribution >= 0.6 is 0 Å². The molecule has 1 atom stereocenters. The van der Waals surface area contributed by atoms with Gasteiger partial charge in [-0.05, 0) is 13.5 Å². The molecule has 0 saturated heterocycles. The van der Waals surface area contributed by atoms with Crippen LogP contribution in [-0.4, -0.2) is 50.7 Å². The zero-order valence-electron chi connectivity index (χ0n) is 11.6. The normalized spacial score (nSPS) is 11.3. The van der Waals surface area contributed by atoms with Crippen molar-refractivity contribution in [3.05, 3.63) is 0 Å². The van der Waals surface area contributed by atoms with Crippen LogP contribution in [0.25, 0.3) is 0 Å². The molecule has 0 radical (unpaired) electrons. The molecule has 0 aromatic rings. The molecule has 0 spiro atoms. The molecule has 0 aliphatic rings. The van der Waals surface area contributed by atoms with Crippen LogP contribution < -0.4 is 26.6 Å². The Morgan fingerprint density at radius 3 is 2.32 bits per heavy atom. The van der Waals surface area contributed by atoms with Crippen molar-refractivity contribution in [2.45, 2.75) is 26.3 Å². The lowest BCUT2D eigenvalue weighted by atomic mass is 10.2. The van der Waals surface area contributed by atoms with E-state index in [1.54, 1.807) is 7.05 Å². The lowest BCUT2D eigenvalue weighted by molar-refractivity contribution is -0.123. The second-order valence-corrected chi connectivity index (χ2v) is 3.96. The molecule has 0 bridgehead atoms. The van der Waals surface area contributed by atoms with Crippen LogP contribution in [0, 0.1) is 0 Å². The molecule has 110 valence electrons. The molecule has 19 heavy (non-hydrogen) atoms. The maximum atomic E-state index is 11.7. The van der Waals surface area contributed by atoms with Crippen molar-refractivity contribution in [3.8, 4) is 0 Å². The first-order chi connectivity index (χ1) is 9.01. The molecule has 4 amide bonds. The molecule has 1 unspecified atom stereocenters. The first kappa shape index (κ1) is 17.2. The molecule has 0 aliphatic heterocycles. The Hall–Kier alpha value is -1.83. The van der Waals surface area contributed by atoms with Crippen molar-refractivity contribution in [3.63, 3.8) is 0 Å². The quantitative estimate of drug-likeness (QED) is 0.346. The smallest absolute Gasteiger partial charge is 0.316 e. The molecule has 0 aromatic carbocycles. The Bertz CT molecular complexity index is 309. The van der Waals surface area contributed by atoms with Crippen LogP contribution in [0.5, 0.6) is 0 Å². The molecule has 8 nitrogen and oxygen atoms in total. The first-order valence-corrected chi connectivity index (χ1v) is 6.22. The number of likely N-dealkylation sites (N-methyl/N-ethyl adjacent to an activating group) is 1. The zero-order valence-corrected chi connectivity index (χ0v) is 11.6. The molecule has 0 heterocycles. The predicted molar refractivity (Wildman–Crippen MR) is 71.4 cm³/mol. The summed E-state index contributed by atoms with van der Waals surface area (Å²) < 4.78 is 0. The lowest BCUT2D eigenvalue weighted by Crippen LogP contribution is -2.55. The monoisotopic (exact) mass is 273 g/mol. The van der Waals surface area contributed by atoms with Gasteiger partial charge in [-0.25, -0.2) is 4.79 Å². The summed E-state index contributed by atoms with van der Waals surface area (Å²) in [5.74, 6) is -0.487. The van der Waals surface area contributed by atoms with E-state index in [1.165, 1.54) is 6.92 Å². The molecule has 0 saturated carbocycles. The summed E-state index contributed by atoms with van der Waals surface area (Å²) in [6.07, 6.45) is 0.826. The summed E-state index contributed by atoms with van der Waals surface area (Å²) in [6.45, 7) is 4.20. The standard InChI is InChI=1S/C11H23N5O3/c1-4-5-13-10(18)9(6-12-3)16-11(19)15-7-14-8(2)17/h9,12H,4-7H2,1-3H3,(H,13,18)(H,14,17)(H2,15,16,19). The van der Waals surface area contributed by atoms with E-state index in [1.807, 2.05) is 6.92 Å². The summed E-state index contributed by atoms with van der Waals surface area (Å²) in [5, 5.41) is 12.9. The molecule has 0 aromatic heterocycles. The number of hydrogen-bond acceptors (Lipinski definition) is 4. The summed E-state index contributed by atoms with van der Waals surface area (Å²) in [5.41, 5.74) is 0. The third kappa shape index (κ3) is 8.83. The van der Waals surface area contributed by atoms with Crippen molar-refractivity contribution in [2.24, 2.45) is 0 Å². The molecule has 5 N–H and O–H groups in total. The Morgan fingerprint density at radius 1 is 1.11 bits per heavy atom. The number of urea groups is 1. The van der Waals surface area contributed by atoms with E-state index < -0.39 is 12.1 Å². The second kappa shape index (κ2) is 10.1. The maximum Gasteiger partial charge on any atom is 0.316 e. The van der Waals surface area contributed by atoms with Gasteiger partial charge in [0.05, 0.1) is 6.67 Å². The van der Waals surface area contributed by atoms with Crippen LogP contribution in [0.4, 0.5) is 4.79 Å². The van der Waals surface area contributed by atoms with E-state index >= 15 is 0 Å². The van der Waals surface area contributed by atoms with Crippen LogP contribution in [-0.2, 0) is 9.59 Å². The minimum atomic E-state index is -0.658. The average Bonchev–Trinajstić information content (AvgIpc) is 2.35. The Labute approximate surface area is 113 Å². The average molecular weight is 273 g/mol. The van der Waals surface area contributed by atoms with Crippen molar-refractivity contribution in [1.29, 1.82) is 0 Å². The highest BCUT2D eigenvalue weighted by Crippen LogP contribution is 1.84. The van der Waals surface area contributed by atoms with Crippen molar-refractivity contribution in [2.75, 3.05) is 26.8 Å². The van der Waals surface area contributed by atoms with Crippen LogP contribution in [0.1, 0.15) is 20.3 Å². The van der Waals surface area contributed by atoms with Crippen LogP contribution in [0.3, 0.4) is 0 Å². The fraction of sp³-hybridized carbons (Fsp3) is 0.727. The molecular formula is C11H23N5O3. The second-order valence-electron chi connectivity index (χ2n) is 3.96.